The van der Waals surface area contributed by atoms with Gasteiger partial charge in [0.05, 0.1) is 12.8 Å². The topological polar surface area (TPSA) is 72.5 Å². The maximum Gasteiger partial charge on any atom is 0.153 e. The number of carbonyl (C=O) groups is 1. The van der Waals surface area contributed by atoms with Crippen LogP contribution in [0.4, 0.5) is 5.69 Å². The summed E-state index contributed by atoms with van der Waals surface area (Å²) in [6, 6.07) is 4.70. The summed E-state index contributed by atoms with van der Waals surface area (Å²) in [6.45, 7) is 0. The van der Waals surface area contributed by atoms with E-state index >= 15 is 0 Å². The Kier molecular flexibility index (Phi) is 2.87. The van der Waals surface area contributed by atoms with Crippen molar-refractivity contribution in [1.82, 2.24) is 0 Å². The molecule has 1 rings (SSSR count). The molecule has 4 heteroatoms. The first kappa shape index (κ1) is 9.54. The van der Waals surface area contributed by atoms with Crippen LogP contribution in [0, 0.1) is 0 Å². The van der Waals surface area contributed by atoms with Gasteiger partial charge in [0, 0.05) is 0 Å². The quantitative estimate of drug-likeness (QED) is 0.526. The van der Waals surface area contributed by atoms with Gasteiger partial charge >= 0.3 is 0 Å². The highest BCUT2D eigenvalue weighted by Crippen LogP contribution is 2.24. The number of methoxy groups -OCH3 is 1. The minimum atomic E-state index is -1.12. The van der Waals surface area contributed by atoms with Gasteiger partial charge in [-0.25, -0.2) is 0 Å². The smallest absolute Gasteiger partial charge is 0.153 e. The maximum atomic E-state index is 10.3. The third-order valence-electron chi connectivity index (χ3n) is 1.73. The lowest BCUT2D eigenvalue weighted by atomic mass is 10.1. The van der Waals surface area contributed by atoms with Crippen LogP contribution in [0.25, 0.3) is 0 Å². The molecule has 1 atom stereocenters. The molecule has 0 saturated carbocycles. The summed E-state index contributed by atoms with van der Waals surface area (Å²) in [4.78, 5) is 10.3. The fraction of sp³-hybridized carbons (Fsp3) is 0.222. The number of hydrogen-bond donors (Lipinski definition) is 2. The summed E-state index contributed by atoms with van der Waals surface area (Å²) >= 11 is 0. The molecule has 1 aromatic carbocycles. The molecule has 3 N–H and O–H groups in total. The molecule has 0 fully saturated rings. The molecule has 0 bridgehead atoms. The van der Waals surface area contributed by atoms with Gasteiger partial charge in [-0.2, -0.15) is 0 Å². The summed E-state index contributed by atoms with van der Waals surface area (Å²) in [5, 5.41) is 9.18. The van der Waals surface area contributed by atoms with Crippen molar-refractivity contribution < 1.29 is 14.6 Å². The summed E-state index contributed by atoms with van der Waals surface area (Å²) in [5.74, 6) is 0.457. The SMILES string of the molecule is COc1cc(C(O)C=O)ccc1N. The Balaban J connectivity index is 3.05. The zero-order valence-electron chi connectivity index (χ0n) is 7.23. The second kappa shape index (κ2) is 3.91. The number of hydrogen-bond acceptors (Lipinski definition) is 4. The second-order valence-corrected chi connectivity index (χ2v) is 2.58. The van der Waals surface area contributed by atoms with Crippen molar-refractivity contribution in [3.05, 3.63) is 23.8 Å². The van der Waals surface area contributed by atoms with Crippen LogP contribution in [0.1, 0.15) is 11.7 Å². The number of rotatable bonds is 3. The molecule has 1 unspecified atom stereocenters. The van der Waals surface area contributed by atoms with E-state index in [2.05, 4.69) is 0 Å². The summed E-state index contributed by atoms with van der Waals surface area (Å²) in [7, 11) is 1.47. The average molecular weight is 181 g/mol. The first-order valence-electron chi connectivity index (χ1n) is 3.75. The van der Waals surface area contributed by atoms with E-state index in [9.17, 15) is 9.90 Å². The van der Waals surface area contributed by atoms with Crippen molar-refractivity contribution >= 4 is 12.0 Å². The highest BCUT2D eigenvalue weighted by molar-refractivity contribution is 5.63. The Bertz CT molecular complexity index is 312. The largest absolute Gasteiger partial charge is 0.495 e. The van der Waals surface area contributed by atoms with Gasteiger partial charge in [-0.1, -0.05) is 6.07 Å². The minimum Gasteiger partial charge on any atom is -0.495 e. The van der Waals surface area contributed by atoms with Crippen molar-refractivity contribution in [2.45, 2.75) is 6.10 Å². The van der Waals surface area contributed by atoms with Gasteiger partial charge in [0.1, 0.15) is 11.9 Å². The van der Waals surface area contributed by atoms with Gasteiger partial charge in [-0.3, -0.25) is 0 Å². The molecular weight excluding hydrogens is 170 g/mol. The van der Waals surface area contributed by atoms with E-state index in [0.29, 0.717) is 23.3 Å². The molecule has 70 valence electrons. The van der Waals surface area contributed by atoms with E-state index in [1.54, 1.807) is 12.1 Å². The minimum absolute atomic E-state index is 0.449. The average Bonchev–Trinajstić information content (AvgIpc) is 2.17. The van der Waals surface area contributed by atoms with Crippen LogP contribution in [0.2, 0.25) is 0 Å². The third-order valence-corrected chi connectivity index (χ3v) is 1.73. The van der Waals surface area contributed by atoms with Crippen molar-refractivity contribution in [2.75, 3.05) is 12.8 Å². The monoisotopic (exact) mass is 181 g/mol. The number of benzene rings is 1. The summed E-state index contributed by atoms with van der Waals surface area (Å²) in [6.07, 6.45) is -0.667. The van der Waals surface area contributed by atoms with Crippen LogP contribution in [0.5, 0.6) is 5.75 Å². The second-order valence-electron chi connectivity index (χ2n) is 2.58. The van der Waals surface area contributed by atoms with Gasteiger partial charge in [0.2, 0.25) is 0 Å². The van der Waals surface area contributed by atoms with E-state index in [-0.39, 0.29) is 0 Å². The van der Waals surface area contributed by atoms with Crippen LogP contribution in [-0.2, 0) is 4.79 Å². The zero-order valence-corrected chi connectivity index (χ0v) is 7.23. The molecule has 0 heterocycles. The Morgan fingerprint density at radius 1 is 1.62 bits per heavy atom. The molecular formula is C9H11NO3. The number of nitrogens with two attached hydrogens (primary N) is 1. The molecule has 4 nitrogen and oxygen atoms in total. The van der Waals surface area contributed by atoms with Crippen molar-refractivity contribution in [3.63, 3.8) is 0 Å². The fourth-order valence-electron chi connectivity index (χ4n) is 0.990. The lowest BCUT2D eigenvalue weighted by Crippen LogP contribution is -2.00. The van der Waals surface area contributed by atoms with Crippen LogP contribution in [0.3, 0.4) is 0 Å². The summed E-state index contributed by atoms with van der Waals surface area (Å²) < 4.78 is 4.93. The molecule has 1 aromatic rings. The molecule has 0 aromatic heterocycles. The van der Waals surface area contributed by atoms with E-state index < -0.39 is 6.10 Å². The Labute approximate surface area is 75.9 Å². The molecule has 0 radical (unpaired) electrons. The predicted molar refractivity (Wildman–Crippen MR) is 48.4 cm³/mol. The van der Waals surface area contributed by atoms with Gasteiger partial charge in [-0.15, -0.1) is 0 Å². The first-order chi connectivity index (χ1) is 6.19. The Morgan fingerprint density at radius 2 is 2.31 bits per heavy atom. The van der Waals surface area contributed by atoms with Crippen molar-refractivity contribution in [3.8, 4) is 5.75 Å². The molecule has 0 aliphatic carbocycles. The van der Waals surface area contributed by atoms with Crippen molar-refractivity contribution in [2.24, 2.45) is 0 Å². The first-order valence-corrected chi connectivity index (χ1v) is 3.75. The zero-order chi connectivity index (χ0) is 9.84. The van der Waals surface area contributed by atoms with Gasteiger partial charge < -0.3 is 20.4 Å². The van der Waals surface area contributed by atoms with Crippen LogP contribution in [0.15, 0.2) is 18.2 Å². The molecule has 13 heavy (non-hydrogen) atoms. The van der Waals surface area contributed by atoms with E-state index in [4.69, 9.17) is 10.5 Å². The van der Waals surface area contributed by atoms with Crippen LogP contribution < -0.4 is 10.5 Å². The lowest BCUT2D eigenvalue weighted by molar-refractivity contribution is -0.115. The third kappa shape index (κ3) is 1.97. The number of carbonyl (C=O) groups excluding carboxylic acids is 1. The number of ether oxygens (including phenoxy) is 1. The van der Waals surface area contributed by atoms with Crippen LogP contribution in [-0.4, -0.2) is 18.5 Å². The normalized spacial score (nSPS) is 12.2. The molecule has 0 amide bonds. The summed E-state index contributed by atoms with van der Waals surface area (Å²) in [5.41, 5.74) is 6.50. The molecule has 0 aliphatic rings. The van der Waals surface area contributed by atoms with E-state index in [1.807, 2.05) is 0 Å². The number of aldehydes is 1. The van der Waals surface area contributed by atoms with Gasteiger partial charge in [0.25, 0.3) is 0 Å². The van der Waals surface area contributed by atoms with Crippen molar-refractivity contribution in [1.29, 1.82) is 0 Å². The van der Waals surface area contributed by atoms with Gasteiger partial charge in [0.15, 0.2) is 6.29 Å². The molecule has 0 aliphatic heterocycles. The van der Waals surface area contributed by atoms with E-state index in [1.165, 1.54) is 13.2 Å². The Hall–Kier alpha value is -1.55. The maximum absolute atomic E-state index is 10.3. The number of anilines is 1. The molecule has 0 spiro atoms. The van der Waals surface area contributed by atoms with E-state index in [0.717, 1.165) is 0 Å². The number of nitrogen functional groups attached to an aromatic ring is 1. The molecule has 0 saturated heterocycles. The van der Waals surface area contributed by atoms with Gasteiger partial charge in [-0.05, 0) is 17.7 Å². The lowest BCUT2D eigenvalue weighted by Gasteiger charge is -2.08. The Morgan fingerprint density at radius 3 is 2.85 bits per heavy atom. The fourth-order valence-corrected chi connectivity index (χ4v) is 0.990. The predicted octanol–water partition coefficient (Wildman–Crippen LogP) is 0.510. The number of aliphatic hydroxyl groups excluding tert-OH is 1. The highest BCUT2D eigenvalue weighted by Gasteiger charge is 2.08. The van der Waals surface area contributed by atoms with Crippen LogP contribution >= 0.6 is 0 Å². The standard InChI is InChI=1S/C9H11NO3/c1-13-9-4-6(8(12)5-11)2-3-7(9)10/h2-5,8,12H,10H2,1H3. The highest BCUT2D eigenvalue weighted by atomic mass is 16.5. The number of aliphatic hydroxyl groups is 1.